The number of carbonyl (C=O) groups is 1. The van der Waals surface area contributed by atoms with Crippen LogP contribution in [0.3, 0.4) is 0 Å². The molecule has 0 aliphatic carbocycles. The van der Waals surface area contributed by atoms with Crippen LogP contribution in [0.15, 0.2) is 12.4 Å². The Morgan fingerprint density at radius 1 is 1.57 bits per heavy atom. The minimum atomic E-state index is 0.0162. The Morgan fingerprint density at radius 3 is 2.71 bits per heavy atom. The number of nitrogens with one attached hydrogen (secondary N) is 2. The number of rotatable bonds is 0. The fraction of sp³-hybridized carbons (Fsp3) is 0.250. The van der Waals surface area contributed by atoms with Gasteiger partial charge in [-0.25, -0.2) is 0 Å². The molecular formula is C4H6N2O. The smallest absolute Gasteiger partial charge is 0.243 e. The summed E-state index contributed by atoms with van der Waals surface area (Å²) in [5.74, 6) is 0.0162. The topological polar surface area (TPSA) is 41.1 Å². The van der Waals surface area contributed by atoms with Crippen molar-refractivity contribution in [1.82, 2.24) is 10.6 Å². The standard InChI is InChI=1S/C4H6N2O/c7-4-3-5-1-2-6-4/h1-2,5H,3H2,(H,6,7). The molecule has 2 N–H and O–H groups in total. The molecule has 0 saturated carbocycles. The van der Waals surface area contributed by atoms with Gasteiger partial charge < -0.3 is 10.6 Å². The molecule has 0 aromatic heterocycles. The summed E-state index contributed by atoms with van der Waals surface area (Å²) in [6, 6.07) is 0. The minimum absolute atomic E-state index is 0.0162. The van der Waals surface area contributed by atoms with Crippen molar-refractivity contribution >= 4 is 5.91 Å². The maximum Gasteiger partial charge on any atom is 0.243 e. The highest BCUT2D eigenvalue weighted by Crippen LogP contribution is 1.71. The zero-order valence-corrected chi connectivity index (χ0v) is 3.77. The van der Waals surface area contributed by atoms with Crippen LogP contribution in [0.5, 0.6) is 0 Å². The first-order valence-corrected chi connectivity index (χ1v) is 2.07. The molecule has 0 bridgehead atoms. The molecule has 1 amide bonds. The highest BCUT2D eigenvalue weighted by molar-refractivity contribution is 5.79. The van der Waals surface area contributed by atoms with Crippen LogP contribution < -0.4 is 10.6 Å². The maximum atomic E-state index is 10.2. The quantitative estimate of drug-likeness (QED) is 0.415. The first-order valence-electron chi connectivity index (χ1n) is 2.07. The van der Waals surface area contributed by atoms with Gasteiger partial charge in [-0.3, -0.25) is 4.79 Å². The fourth-order valence-corrected chi connectivity index (χ4v) is 0.396. The lowest BCUT2D eigenvalue weighted by atomic mass is 10.5. The van der Waals surface area contributed by atoms with Gasteiger partial charge in [0.1, 0.15) is 0 Å². The summed E-state index contributed by atoms with van der Waals surface area (Å²) in [4.78, 5) is 10.2. The van der Waals surface area contributed by atoms with Crippen molar-refractivity contribution in [3.8, 4) is 0 Å². The lowest BCUT2D eigenvalue weighted by Gasteiger charge is -2.04. The molecule has 3 nitrogen and oxygen atoms in total. The number of hydrogen-bond donors (Lipinski definition) is 2. The van der Waals surface area contributed by atoms with Crippen LogP contribution in [-0.2, 0) is 4.79 Å². The molecule has 38 valence electrons. The van der Waals surface area contributed by atoms with E-state index in [2.05, 4.69) is 10.6 Å². The van der Waals surface area contributed by atoms with Crippen molar-refractivity contribution < 1.29 is 4.79 Å². The molecule has 1 aliphatic heterocycles. The van der Waals surface area contributed by atoms with Crippen LogP contribution in [0, 0.1) is 0 Å². The van der Waals surface area contributed by atoms with Gasteiger partial charge in [0.2, 0.25) is 5.91 Å². The Bertz CT molecular complexity index is 108. The number of carbonyl (C=O) groups excluding carboxylic acids is 1. The molecule has 0 aromatic rings. The van der Waals surface area contributed by atoms with E-state index >= 15 is 0 Å². The van der Waals surface area contributed by atoms with Crippen molar-refractivity contribution in [1.29, 1.82) is 0 Å². The molecule has 0 unspecified atom stereocenters. The average Bonchev–Trinajstić information content (AvgIpc) is 1.69. The molecule has 0 atom stereocenters. The van der Waals surface area contributed by atoms with E-state index in [1.54, 1.807) is 12.4 Å². The van der Waals surface area contributed by atoms with E-state index in [-0.39, 0.29) is 5.91 Å². The molecule has 0 radical (unpaired) electrons. The van der Waals surface area contributed by atoms with Gasteiger partial charge in [-0.15, -0.1) is 0 Å². The predicted octanol–water partition coefficient (Wildman–Crippen LogP) is -0.823. The van der Waals surface area contributed by atoms with Crippen LogP contribution in [0.25, 0.3) is 0 Å². The van der Waals surface area contributed by atoms with E-state index in [1.165, 1.54) is 0 Å². The normalized spacial score (nSPS) is 18.0. The highest BCUT2D eigenvalue weighted by Gasteiger charge is 1.96. The van der Waals surface area contributed by atoms with E-state index in [9.17, 15) is 4.79 Å². The van der Waals surface area contributed by atoms with Gasteiger partial charge in [-0.1, -0.05) is 0 Å². The van der Waals surface area contributed by atoms with Crippen molar-refractivity contribution in [2.45, 2.75) is 0 Å². The summed E-state index contributed by atoms with van der Waals surface area (Å²) in [6.45, 7) is 0.399. The average molecular weight is 98.1 g/mol. The molecule has 0 aromatic carbocycles. The van der Waals surface area contributed by atoms with Crippen molar-refractivity contribution in [3.05, 3.63) is 12.4 Å². The molecular weight excluding hydrogens is 92.1 g/mol. The van der Waals surface area contributed by atoms with Crippen LogP contribution >= 0.6 is 0 Å². The summed E-state index contributed by atoms with van der Waals surface area (Å²) in [6.07, 6.45) is 3.27. The third-order valence-corrected chi connectivity index (χ3v) is 0.708. The summed E-state index contributed by atoms with van der Waals surface area (Å²) < 4.78 is 0. The van der Waals surface area contributed by atoms with Gasteiger partial charge in [0, 0.05) is 12.4 Å². The van der Waals surface area contributed by atoms with Crippen LogP contribution in [0.1, 0.15) is 0 Å². The number of amides is 1. The Kier molecular flexibility index (Phi) is 0.978. The monoisotopic (exact) mass is 98.0 g/mol. The van der Waals surface area contributed by atoms with Crippen molar-refractivity contribution in [2.24, 2.45) is 0 Å². The van der Waals surface area contributed by atoms with E-state index in [0.29, 0.717) is 6.54 Å². The van der Waals surface area contributed by atoms with E-state index in [4.69, 9.17) is 0 Å². The van der Waals surface area contributed by atoms with E-state index in [1.807, 2.05) is 0 Å². The summed E-state index contributed by atoms with van der Waals surface area (Å²) in [5, 5.41) is 5.24. The SMILES string of the molecule is O=C1CNC=CN1. The fourth-order valence-electron chi connectivity index (χ4n) is 0.396. The Balaban J connectivity index is 2.47. The van der Waals surface area contributed by atoms with E-state index in [0.717, 1.165) is 0 Å². The first kappa shape index (κ1) is 4.18. The minimum Gasteiger partial charge on any atom is -0.381 e. The van der Waals surface area contributed by atoms with Gasteiger partial charge in [0.15, 0.2) is 0 Å². The largest absolute Gasteiger partial charge is 0.381 e. The third kappa shape index (κ3) is 0.924. The first-order chi connectivity index (χ1) is 3.39. The Hall–Kier alpha value is -0.990. The molecule has 1 rings (SSSR count). The predicted molar refractivity (Wildman–Crippen MR) is 25.3 cm³/mol. The zero-order valence-electron chi connectivity index (χ0n) is 3.77. The number of hydrogen-bond acceptors (Lipinski definition) is 2. The zero-order chi connectivity index (χ0) is 5.11. The lowest BCUT2D eigenvalue weighted by Crippen LogP contribution is -2.32. The molecule has 0 spiro atoms. The second-order valence-electron chi connectivity index (χ2n) is 1.28. The summed E-state index contributed by atoms with van der Waals surface area (Å²) in [5.41, 5.74) is 0. The second-order valence-corrected chi connectivity index (χ2v) is 1.28. The Labute approximate surface area is 41.4 Å². The lowest BCUT2D eigenvalue weighted by molar-refractivity contribution is -0.119. The summed E-state index contributed by atoms with van der Waals surface area (Å²) >= 11 is 0. The maximum absolute atomic E-state index is 10.2. The van der Waals surface area contributed by atoms with Crippen LogP contribution in [0.2, 0.25) is 0 Å². The van der Waals surface area contributed by atoms with Crippen LogP contribution in [0.4, 0.5) is 0 Å². The van der Waals surface area contributed by atoms with Gasteiger partial charge in [-0.2, -0.15) is 0 Å². The van der Waals surface area contributed by atoms with Gasteiger partial charge in [0.05, 0.1) is 6.54 Å². The molecule has 1 heterocycles. The third-order valence-electron chi connectivity index (χ3n) is 0.708. The molecule has 1 aliphatic rings. The molecule has 7 heavy (non-hydrogen) atoms. The van der Waals surface area contributed by atoms with E-state index < -0.39 is 0 Å². The van der Waals surface area contributed by atoms with Crippen molar-refractivity contribution in [3.63, 3.8) is 0 Å². The molecule has 0 fully saturated rings. The van der Waals surface area contributed by atoms with Crippen LogP contribution in [-0.4, -0.2) is 12.5 Å². The van der Waals surface area contributed by atoms with Gasteiger partial charge in [-0.05, 0) is 0 Å². The van der Waals surface area contributed by atoms with Gasteiger partial charge in [0.25, 0.3) is 0 Å². The highest BCUT2D eigenvalue weighted by atomic mass is 16.1. The molecule has 0 saturated heterocycles. The van der Waals surface area contributed by atoms with Crippen molar-refractivity contribution in [2.75, 3.05) is 6.54 Å². The summed E-state index contributed by atoms with van der Waals surface area (Å²) in [7, 11) is 0. The van der Waals surface area contributed by atoms with Gasteiger partial charge >= 0.3 is 0 Å². The Morgan fingerprint density at radius 2 is 2.43 bits per heavy atom. The second kappa shape index (κ2) is 1.64. The molecule has 3 heteroatoms.